The highest BCUT2D eigenvalue weighted by Crippen LogP contribution is 2.24. The molecule has 2 rings (SSSR count). The van der Waals surface area contributed by atoms with E-state index in [1.807, 2.05) is 6.92 Å². The molecule has 1 aromatic heterocycles. The van der Waals surface area contributed by atoms with Crippen LogP contribution >= 0.6 is 0 Å². The summed E-state index contributed by atoms with van der Waals surface area (Å²) in [6.07, 6.45) is 4.02. The lowest BCUT2D eigenvalue weighted by Crippen LogP contribution is -2.44. The molecule has 0 aliphatic carbocycles. The first-order chi connectivity index (χ1) is 9.33. The van der Waals surface area contributed by atoms with Crippen molar-refractivity contribution in [1.29, 1.82) is 0 Å². The Balaban J connectivity index is 2.26. The summed E-state index contributed by atoms with van der Waals surface area (Å²) in [7, 11) is -3.73. The van der Waals surface area contributed by atoms with Gasteiger partial charge in [-0.15, -0.1) is 0 Å². The molecule has 1 unspecified atom stereocenters. The number of aryl methyl sites for hydroxylation is 1. The van der Waals surface area contributed by atoms with Crippen LogP contribution in [0.4, 0.5) is 5.69 Å². The van der Waals surface area contributed by atoms with E-state index in [1.165, 1.54) is 10.5 Å². The van der Waals surface area contributed by atoms with E-state index in [0.717, 1.165) is 19.3 Å². The predicted octanol–water partition coefficient (Wildman–Crippen LogP) is 1.55. The minimum Gasteiger partial charge on any atom is -0.478 e. The van der Waals surface area contributed by atoms with Crippen LogP contribution in [0.15, 0.2) is 6.20 Å². The number of aromatic carboxylic acids is 1. The molecule has 20 heavy (non-hydrogen) atoms. The number of nitrogens with one attached hydrogen (secondary N) is 2. The fourth-order valence-corrected chi connectivity index (χ4v) is 4.01. The number of carboxylic acids is 1. The summed E-state index contributed by atoms with van der Waals surface area (Å²) < 4.78 is 28.5. The standard InChI is InChI=1S/C12H19N3O4S/c1-8-5-3-4-6-15(8)20(18,19)14-10-7-13-9(2)11(10)12(16)17/h7-8,13-14H,3-6H2,1-2H3,(H,16,17). The van der Waals surface area contributed by atoms with E-state index in [-0.39, 0.29) is 17.3 Å². The molecule has 1 aliphatic rings. The van der Waals surface area contributed by atoms with Gasteiger partial charge in [-0.2, -0.15) is 12.7 Å². The van der Waals surface area contributed by atoms with Crippen LogP contribution in [0, 0.1) is 6.92 Å². The number of carbonyl (C=O) groups is 1. The van der Waals surface area contributed by atoms with Gasteiger partial charge in [0, 0.05) is 24.5 Å². The Kier molecular flexibility index (Phi) is 4.05. The molecule has 0 spiro atoms. The number of hydrogen-bond donors (Lipinski definition) is 3. The molecule has 2 heterocycles. The number of hydrogen-bond acceptors (Lipinski definition) is 3. The van der Waals surface area contributed by atoms with Crippen molar-refractivity contribution in [3.05, 3.63) is 17.5 Å². The Morgan fingerprint density at radius 3 is 2.80 bits per heavy atom. The maximum Gasteiger partial charge on any atom is 0.339 e. The lowest BCUT2D eigenvalue weighted by atomic mass is 10.1. The second-order valence-corrected chi connectivity index (χ2v) is 6.69. The first-order valence-electron chi connectivity index (χ1n) is 6.54. The highest BCUT2D eigenvalue weighted by Gasteiger charge is 2.31. The van der Waals surface area contributed by atoms with Gasteiger partial charge in [0.15, 0.2) is 0 Å². The molecular formula is C12H19N3O4S. The number of H-pyrrole nitrogens is 1. The van der Waals surface area contributed by atoms with Gasteiger partial charge in [0.2, 0.25) is 0 Å². The minimum absolute atomic E-state index is 0.0433. The van der Waals surface area contributed by atoms with E-state index in [9.17, 15) is 13.2 Å². The van der Waals surface area contributed by atoms with Gasteiger partial charge in [0.1, 0.15) is 5.56 Å². The van der Waals surface area contributed by atoms with Gasteiger partial charge >= 0.3 is 16.2 Å². The van der Waals surface area contributed by atoms with Gasteiger partial charge < -0.3 is 10.1 Å². The molecule has 0 radical (unpaired) electrons. The number of piperidine rings is 1. The van der Waals surface area contributed by atoms with Crippen LogP contribution in [0.1, 0.15) is 42.2 Å². The Morgan fingerprint density at radius 1 is 1.50 bits per heavy atom. The summed E-state index contributed by atoms with van der Waals surface area (Å²) in [5.41, 5.74) is 0.452. The molecule has 1 atom stereocenters. The molecule has 0 saturated carbocycles. The zero-order chi connectivity index (χ0) is 14.9. The number of aromatic nitrogens is 1. The molecule has 1 fully saturated rings. The molecule has 1 aromatic rings. The first kappa shape index (κ1) is 14.9. The molecular weight excluding hydrogens is 282 g/mol. The highest BCUT2D eigenvalue weighted by atomic mass is 32.2. The molecule has 112 valence electrons. The second kappa shape index (κ2) is 5.45. The molecule has 0 aromatic carbocycles. The summed E-state index contributed by atoms with van der Waals surface area (Å²) in [5.74, 6) is -1.16. The van der Waals surface area contributed by atoms with Gasteiger partial charge in [0.05, 0.1) is 5.69 Å². The van der Waals surface area contributed by atoms with Crippen LogP contribution in [0.25, 0.3) is 0 Å². The van der Waals surface area contributed by atoms with E-state index in [2.05, 4.69) is 9.71 Å². The third-order valence-corrected chi connectivity index (χ3v) is 5.22. The van der Waals surface area contributed by atoms with Gasteiger partial charge in [0.25, 0.3) is 0 Å². The van der Waals surface area contributed by atoms with Crippen molar-refractivity contribution in [3.8, 4) is 0 Å². The van der Waals surface area contributed by atoms with Crippen LogP contribution in [-0.4, -0.2) is 41.4 Å². The van der Waals surface area contributed by atoms with E-state index in [1.54, 1.807) is 6.92 Å². The summed E-state index contributed by atoms with van der Waals surface area (Å²) in [4.78, 5) is 13.9. The van der Waals surface area contributed by atoms with E-state index in [0.29, 0.717) is 12.2 Å². The maximum absolute atomic E-state index is 12.4. The average Bonchev–Trinajstić information content (AvgIpc) is 2.70. The summed E-state index contributed by atoms with van der Waals surface area (Å²) in [6, 6.07) is -0.0745. The number of anilines is 1. The normalized spacial score (nSPS) is 20.8. The van der Waals surface area contributed by atoms with Crippen LogP contribution in [0.2, 0.25) is 0 Å². The fraction of sp³-hybridized carbons (Fsp3) is 0.583. The lowest BCUT2D eigenvalue weighted by molar-refractivity contribution is 0.0697. The van der Waals surface area contributed by atoms with Crippen LogP contribution in [0.3, 0.4) is 0 Å². The molecule has 0 amide bonds. The molecule has 1 saturated heterocycles. The monoisotopic (exact) mass is 301 g/mol. The minimum atomic E-state index is -3.73. The SMILES string of the molecule is Cc1[nH]cc(NS(=O)(=O)N2CCCCC2C)c1C(=O)O. The van der Waals surface area contributed by atoms with Crippen molar-refractivity contribution in [3.63, 3.8) is 0 Å². The third kappa shape index (κ3) is 2.80. The van der Waals surface area contributed by atoms with Crippen molar-refractivity contribution in [2.24, 2.45) is 0 Å². The Morgan fingerprint density at radius 2 is 2.20 bits per heavy atom. The summed E-state index contributed by atoms with van der Waals surface area (Å²) >= 11 is 0. The highest BCUT2D eigenvalue weighted by molar-refractivity contribution is 7.90. The molecule has 0 bridgehead atoms. The lowest BCUT2D eigenvalue weighted by Gasteiger charge is -2.32. The van der Waals surface area contributed by atoms with Gasteiger partial charge in [-0.3, -0.25) is 4.72 Å². The number of aromatic amines is 1. The Hall–Kier alpha value is -1.54. The van der Waals surface area contributed by atoms with Gasteiger partial charge in [-0.25, -0.2) is 4.79 Å². The fourth-order valence-electron chi connectivity index (χ4n) is 2.51. The van der Waals surface area contributed by atoms with Crippen molar-refractivity contribution in [2.75, 3.05) is 11.3 Å². The largest absolute Gasteiger partial charge is 0.478 e. The van der Waals surface area contributed by atoms with Crippen LogP contribution in [0.5, 0.6) is 0 Å². The Bertz CT molecular complexity index is 608. The van der Waals surface area contributed by atoms with Gasteiger partial charge in [-0.1, -0.05) is 6.42 Å². The molecule has 8 heteroatoms. The third-order valence-electron chi connectivity index (χ3n) is 3.58. The van der Waals surface area contributed by atoms with Crippen LogP contribution < -0.4 is 4.72 Å². The Labute approximate surface area is 118 Å². The first-order valence-corrected chi connectivity index (χ1v) is 7.98. The second-order valence-electron chi connectivity index (χ2n) is 5.07. The number of rotatable bonds is 4. The number of nitrogens with zero attached hydrogens (tertiary/aromatic N) is 1. The zero-order valence-electron chi connectivity index (χ0n) is 11.5. The molecule has 1 aliphatic heterocycles. The van der Waals surface area contributed by atoms with E-state index < -0.39 is 16.2 Å². The predicted molar refractivity (Wildman–Crippen MR) is 75.1 cm³/mol. The quantitative estimate of drug-likeness (QED) is 0.785. The summed E-state index contributed by atoms with van der Waals surface area (Å²) in [6.45, 7) is 3.91. The summed E-state index contributed by atoms with van der Waals surface area (Å²) in [5, 5.41) is 9.13. The number of carboxylic acid groups (broad SMARTS) is 1. The molecule has 7 nitrogen and oxygen atoms in total. The van der Waals surface area contributed by atoms with Crippen molar-refractivity contribution < 1.29 is 18.3 Å². The molecule has 3 N–H and O–H groups in total. The van der Waals surface area contributed by atoms with Crippen molar-refractivity contribution in [1.82, 2.24) is 9.29 Å². The smallest absolute Gasteiger partial charge is 0.339 e. The van der Waals surface area contributed by atoms with Crippen molar-refractivity contribution >= 4 is 21.9 Å². The topological polar surface area (TPSA) is 103 Å². The van der Waals surface area contributed by atoms with Crippen molar-refractivity contribution in [2.45, 2.75) is 39.2 Å². The van der Waals surface area contributed by atoms with Gasteiger partial charge in [-0.05, 0) is 26.7 Å². The maximum atomic E-state index is 12.4. The van der Waals surface area contributed by atoms with Crippen LogP contribution in [-0.2, 0) is 10.2 Å². The van der Waals surface area contributed by atoms with E-state index >= 15 is 0 Å². The zero-order valence-corrected chi connectivity index (χ0v) is 12.3. The average molecular weight is 301 g/mol. The van der Waals surface area contributed by atoms with E-state index in [4.69, 9.17) is 5.11 Å².